The summed E-state index contributed by atoms with van der Waals surface area (Å²) in [6.07, 6.45) is 2.96. The van der Waals surface area contributed by atoms with Crippen molar-refractivity contribution in [1.29, 1.82) is 0 Å². The number of rotatable bonds is 3. The number of anilines is 1. The standard InChI is InChI=1S/C19H18FN3O/c20-16-10-21-8-7-18(16)23-11-14(19(24)12-23)9-15-6-5-13-3-1-2-4-17(13)22-15/h1-8,10,14,19,24H,9,11-12H2/t14-,19-/m1/s1. The summed E-state index contributed by atoms with van der Waals surface area (Å²) in [6, 6.07) is 13.7. The van der Waals surface area contributed by atoms with E-state index in [1.54, 1.807) is 12.3 Å². The van der Waals surface area contributed by atoms with E-state index in [2.05, 4.69) is 16.0 Å². The Labute approximate surface area is 139 Å². The summed E-state index contributed by atoms with van der Waals surface area (Å²) in [5.41, 5.74) is 2.41. The zero-order chi connectivity index (χ0) is 16.5. The van der Waals surface area contributed by atoms with Crippen molar-refractivity contribution in [2.24, 2.45) is 5.92 Å². The first kappa shape index (κ1) is 15.0. The molecule has 0 saturated carbocycles. The molecule has 24 heavy (non-hydrogen) atoms. The number of para-hydroxylation sites is 1. The van der Waals surface area contributed by atoms with Crippen molar-refractivity contribution < 1.29 is 9.50 Å². The van der Waals surface area contributed by atoms with Gasteiger partial charge in [-0.05, 0) is 24.6 Å². The van der Waals surface area contributed by atoms with Crippen molar-refractivity contribution in [2.45, 2.75) is 12.5 Å². The van der Waals surface area contributed by atoms with Gasteiger partial charge in [-0.3, -0.25) is 9.97 Å². The molecule has 2 atom stereocenters. The molecule has 1 aliphatic rings. The Morgan fingerprint density at radius 3 is 2.88 bits per heavy atom. The van der Waals surface area contributed by atoms with Crippen LogP contribution >= 0.6 is 0 Å². The average molecular weight is 323 g/mol. The van der Waals surface area contributed by atoms with Crippen molar-refractivity contribution in [3.63, 3.8) is 0 Å². The third-order valence-corrected chi connectivity index (χ3v) is 4.63. The van der Waals surface area contributed by atoms with Crippen LogP contribution in [-0.4, -0.2) is 34.3 Å². The summed E-state index contributed by atoms with van der Waals surface area (Å²) in [5.74, 6) is -0.319. The van der Waals surface area contributed by atoms with Crippen LogP contribution < -0.4 is 4.90 Å². The molecular formula is C19H18FN3O. The van der Waals surface area contributed by atoms with E-state index >= 15 is 0 Å². The van der Waals surface area contributed by atoms with Crippen LogP contribution in [0.15, 0.2) is 54.9 Å². The summed E-state index contributed by atoms with van der Waals surface area (Å²) < 4.78 is 13.9. The molecule has 3 heterocycles. The van der Waals surface area contributed by atoms with E-state index in [1.807, 2.05) is 35.2 Å². The Hall–Kier alpha value is -2.53. The molecule has 0 radical (unpaired) electrons. The lowest BCUT2D eigenvalue weighted by Gasteiger charge is -2.18. The van der Waals surface area contributed by atoms with Gasteiger partial charge in [0.15, 0.2) is 5.82 Å². The fourth-order valence-corrected chi connectivity index (χ4v) is 3.37. The normalized spacial score (nSPS) is 20.7. The topological polar surface area (TPSA) is 49.2 Å². The van der Waals surface area contributed by atoms with E-state index in [4.69, 9.17) is 0 Å². The largest absolute Gasteiger partial charge is 0.391 e. The number of pyridine rings is 2. The lowest BCUT2D eigenvalue weighted by Crippen LogP contribution is -2.22. The number of halogens is 1. The fourth-order valence-electron chi connectivity index (χ4n) is 3.37. The van der Waals surface area contributed by atoms with E-state index in [0.717, 1.165) is 16.6 Å². The highest BCUT2D eigenvalue weighted by atomic mass is 19.1. The van der Waals surface area contributed by atoms with Gasteiger partial charge < -0.3 is 10.0 Å². The number of aliphatic hydroxyl groups excluding tert-OH is 1. The van der Waals surface area contributed by atoms with Crippen LogP contribution in [0.5, 0.6) is 0 Å². The number of aliphatic hydroxyl groups is 1. The SMILES string of the molecule is O[C@@H]1CN(c2ccncc2F)C[C@H]1Cc1ccc2ccccc2n1. The Kier molecular flexibility index (Phi) is 3.86. The Bertz CT molecular complexity index is 870. The number of benzene rings is 1. The van der Waals surface area contributed by atoms with Crippen LogP contribution in [0.25, 0.3) is 10.9 Å². The van der Waals surface area contributed by atoms with Gasteiger partial charge in [-0.2, -0.15) is 0 Å². The van der Waals surface area contributed by atoms with Gasteiger partial charge in [-0.1, -0.05) is 24.3 Å². The number of hydrogen-bond acceptors (Lipinski definition) is 4. The van der Waals surface area contributed by atoms with Crippen LogP contribution in [-0.2, 0) is 6.42 Å². The highest BCUT2D eigenvalue weighted by Crippen LogP contribution is 2.28. The average Bonchev–Trinajstić information content (AvgIpc) is 2.96. The number of β-amino-alcohol motifs (C(OH)–C–C–N with tert-alkyl or cyclic N) is 1. The van der Waals surface area contributed by atoms with Gasteiger partial charge in [0.05, 0.1) is 23.5 Å². The van der Waals surface area contributed by atoms with E-state index in [0.29, 0.717) is 25.2 Å². The van der Waals surface area contributed by atoms with Crippen molar-refractivity contribution in [3.8, 4) is 0 Å². The van der Waals surface area contributed by atoms with E-state index < -0.39 is 6.10 Å². The van der Waals surface area contributed by atoms with Crippen LogP contribution in [0, 0.1) is 11.7 Å². The van der Waals surface area contributed by atoms with Gasteiger partial charge in [0.1, 0.15) is 0 Å². The third-order valence-electron chi connectivity index (χ3n) is 4.63. The molecule has 4 rings (SSSR count). The second-order valence-electron chi connectivity index (χ2n) is 6.26. The summed E-state index contributed by atoms with van der Waals surface area (Å²) in [5, 5.41) is 11.5. The van der Waals surface area contributed by atoms with Gasteiger partial charge in [0, 0.05) is 36.3 Å². The molecule has 5 heteroatoms. The maximum absolute atomic E-state index is 13.9. The molecule has 1 aromatic carbocycles. The first-order chi connectivity index (χ1) is 11.7. The minimum atomic E-state index is -0.495. The zero-order valence-electron chi connectivity index (χ0n) is 13.1. The number of hydrogen-bond donors (Lipinski definition) is 1. The lowest BCUT2D eigenvalue weighted by atomic mass is 9.99. The van der Waals surface area contributed by atoms with E-state index in [-0.39, 0.29) is 11.7 Å². The molecule has 0 unspecified atom stereocenters. The first-order valence-corrected chi connectivity index (χ1v) is 8.08. The van der Waals surface area contributed by atoms with Gasteiger partial charge >= 0.3 is 0 Å². The molecule has 1 fully saturated rings. The molecule has 3 aromatic rings. The summed E-state index contributed by atoms with van der Waals surface area (Å²) in [6.45, 7) is 1.04. The molecular weight excluding hydrogens is 305 g/mol. The van der Waals surface area contributed by atoms with Gasteiger partial charge in [-0.15, -0.1) is 0 Å². The lowest BCUT2D eigenvalue weighted by molar-refractivity contribution is 0.148. The Balaban J connectivity index is 1.53. The maximum atomic E-state index is 13.9. The molecule has 122 valence electrons. The summed E-state index contributed by atoms with van der Waals surface area (Å²) in [4.78, 5) is 10.3. The minimum absolute atomic E-state index is 0.0335. The first-order valence-electron chi connectivity index (χ1n) is 8.08. The molecule has 0 spiro atoms. The van der Waals surface area contributed by atoms with Crippen molar-refractivity contribution in [1.82, 2.24) is 9.97 Å². The summed E-state index contributed by atoms with van der Waals surface area (Å²) in [7, 11) is 0. The van der Waals surface area contributed by atoms with Crippen molar-refractivity contribution >= 4 is 16.6 Å². The second kappa shape index (κ2) is 6.17. The maximum Gasteiger partial charge on any atom is 0.164 e. The predicted octanol–water partition coefficient (Wildman–Crippen LogP) is 2.81. The fraction of sp³-hybridized carbons (Fsp3) is 0.263. The van der Waals surface area contributed by atoms with Crippen LogP contribution in [0.1, 0.15) is 5.69 Å². The molecule has 0 amide bonds. The molecule has 2 aromatic heterocycles. The van der Waals surface area contributed by atoms with E-state index in [9.17, 15) is 9.50 Å². The zero-order valence-corrected chi connectivity index (χ0v) is 13.1. The smallest absolute Gasteiger partial charge is 0.164 e. The quantitative estimate of drug-likeness (QED) is 0.805. The minimum Gasteiger partial charge on any atom is -0.391 e. The second-order valence-corrected chi connectivity index (χ2v) is 6.26. The van der Waals surface area contributed by atoms with Crippen LogP contribution in [0.4, 0.5) is 10.1 Å². The van der Waals surface area contributed by atoms with Gasteiger partial charge in [0.2, 0.25) is 0 Å². The molecule has 1 aliphatic heterocycles. The van der Waals surface area contributed by atoms with Crippen LogP contribution in [0.3, 0.4) is 0 Å². The highest BCUT2D eigenvalue weighted by Gasteiger charge is 2.32. The Morgan fingerprint density at radius 1 is 1.12 bits per heavy atom. The monoisotopic (exact) mass is 323 g/mol. The number of aromatic nitrogens is 2. The summed E-state index contributed by atoms with van der Waals surface area (Å²) >= 11 is 0. The number of nitrogens with zero attached hydrogens (tertiary/aromatic N) is 3. The molecule has 4 nitrogen and oxygen atoms in total. The Morgan fingerprint density at radius 2 is 2.00 bits per heavy atom. The van der Waals surface area contributed by atoms with E-state index in [1.165, 1.54) is 6.20 Å². The molecule has 0 bridgehead atoms. The number of fused-ring (bicyclic) bond motifs is 1. The van der Waals surface area contributed by atoms with Gasteiger partial charge in [-0.25, -0.2) is 4.39 Å². The molecule has 1 N–H and O–H groups in total. The van der Waals surface area contributed by atoms with Crippen LogP contribution in [0.2, 0.25) is 0 Å². The van der Waals surface area contributed by atoms with Gasteiger partial charge in [0.25, 0.3) is 0 Å². The molecule has 1 saturated heterocycles. The van der Waals surface area contributed by atoms with Crippen molar-refractivity contribution in [3.05, 3.63) is 66.4 Å². The third kappa shape index (κ3) is 2.83. The predicted molar refractivity (Wildman–Crippen MR) is 91.4 cm³/mol. The van der Waals surface area contributed by atoms with Crippen molar-refractivity contribution in [2.75, 3.05) is 18.0 Å². The molecule has 0 aliphatic carbocycles. The highest BCUT2D eigenvalue weighted by molar-refractivity contribution is 5.78.